The van der Waals surface area contributed by atoms with Gasteiger partial charge in [0.05, 0.1) is 16.4 Å². The molecule has 0 unspecified atom stereocenters. The maximum absolute atomic E-state index is 12.0. The number of halogens is 2. The zero-order chi connectivity index (χ0) is 19.6. The number of anilines is 1. The molecule has 0 aliphatic heterocycles. The molecule has 2 rings (SSSR count). The van der Waals surface area contributed by atoms with E-state index < -0.39 is 0 Å². The Morgan fingerprint density at radius 1 is 0.963 bits per heavy atom. The summed E-state index contributed by atoms with van der Waals surface area (Å²) in [5.74, 6) is -0.632. The number of hydrazone groups is 1. The number of carbonyl (C=O) groups is 2. The number of nitrogens with one attached hydrogen (secondary N) is 2. The zero-order valence-corrected chi connectivity index (χ0v) is 16.5. The van der Waals surface area contributed by atoms with E-state index in [1.807, 2.05) is 37.3 Å². The molecule has 0 radical (unpaired) electrons. The number of nitrogens with zero attached hydrogens (tertiary/aromatic N) is 1. The summed E-state index contributed by atoms with van der Waals surface area (Å²) in [4.78, 5) is 24.0. The highest BCUT2D eigenvalue weighted by Crippen LogP contribution is 2.25. The first-order valence-corrected chi connectivity index (χ1v) is 9.41. The molecule has 142 valence electrons. The molecule has 0 fully saturated rings. The molecule has 2 aromatic rings. The van der Waals surface area contributed by atoms with Crippen LogP contribution in [0.2, 0.25) is 10.0 Å². The summed E-state index contributed by atoms with van der Waals surface area (Å²) >= 11 is 11.8. The van der Waals surface area contributed by atoms with E-state index in [1.54, 1.807) is 18.2 Å². The average Bonchev–Trinajstić information content (AvgIpc) is 2.66. The van der Waals surface area contributed by atoms with E-state index in [0.717, 1.165) is 24.1 Å². The molecule has 0 saturated carbocycles. The monoisotopic (exact) mass is 405 g/mol. The van der Waals surface area contributed by atoms with Crippen molar-refractivity contribution in [2.45, 2.75) is 32.6 Å². The van der Waals surface area contributed by atoms with Gasteiger partial charge in [-0.3, -0.25) is 9.59 Å². The maximum atomic E-state index is 12.0. The van der Waals surface area contributed by atoms with E-state index in [1.165, 1.54) is 0 Å². The molecule has 0 heterocycles. The van der Waals surface area contributed by atoms with Crippen LogP contribution < -0.4 is 10.7 Å². The van der Waals surface area contributed by atoms with Gasteiger partial charge in [0, 0.05) is 17.9 Å². The molecule has 2 amide bonds. The number of amides is 2. The summed E-state index contributed by atoms with van der Waals surface area (Å²) < 4.78 is 0. The predicted octanol–water partition coefficient (Wildman–Crippen LogP) is 5.03. The minimum absolute atomic E-state index is 0.0226. The number of hydrogen-bond donors (Lipinski definition) is 2. The molecule has 27 heavy (non-hydrogen) atoms. The highest BCUT2D eigenvalue weighted by atomic mass is 35.5. The summed E-state index contributed by atoms with van der Waals surface area (Å²) in [6.07, 6.45) is 1.71. The third-order valence-corrected chi connectivity index (χ3v) is 4.24. The number of carbonyl (C=O) groups excluding carboxylic acids is 2. The highest BCUT2D eigenvalue weighted by molar-refractivity contribution is 6.36. The Morgan fingerprint density at radius 3 is 2.33 bits per heavy atom. The second-order valence-electron chi connectivity index (χ2n) is 5.88. The predicted molar refractivity (Wildman–Crippen MR) is 110 cm³/mol. The Labute approximate surface area is 168 Å². The van der Waals surface area contributed by atoms with Gasteiger partial charge in [0.15, 0.2) is 0 Å². The lowest BCUT2D eigenvalue weighted by Crippen LogP contribution is -2.22. The van der Waals surface area contributed by atoms with Gasteiger partial charge in [-0.15, -0.1) is 0 Å². The van der Waals surface area contributed by atoms with Crippen LogP contribution in [0.3, 0.4) is 0 Å². The van der Waals surface area contributed by atoms with Gasteiger partial charge in [-0.1, -0.05) is 66.9 Å². The van der Waals surface area contributed by atoms with Gasteiger partial charge in [0.25, 0.3) is 0 Å². The molecule has 0 spiro atoms. The first kappa shape index (κ1) is 20.9. The molecule has 0 atom stereocenters. The van der Waals surface area contributed by atoms with E-state index in [0.29, 0.717) is 15.7 Å². The van der Waals surface area contributed by atoms with E-state index in [4.69, 9.17) is 23.2 Å². The lowest BCUT2D eigenvalue weighted by atomic mass is 10.1. The second-order valence-corrected chi connectivity index (χ2v) is 6.73. The molecular weight excluding hydrogens is 385 g/mol. The summed E-state index contributed by atoms with van der Waals surface area (Å²) in [6.45, 7) is 2.05. The molecule has 2 N–H and O–H groups in total. The Morgan fingerprint density at radius 2 is 1.67 bits per heavy atom. The third-order valence-electron chi connectivity index (χ3n) is 3.69. The Hall–Kier alpha value is -2.37. The molecular formula is C20H21Cl2N3O2. The Bertz CT molecular complexity index is 823. The Balaban J connectivity index is 1.86. The van der Waals surface area contributed by atoms with Gasteiger partial charge in [-0.2, -0.15) is 5.10 Å². The highest BCUT2D eigenvalue weighted by Gasteiger charge is 2.10. The van der Waals surface area contributed by atoms with Crippen LogP contribution in [0.25, 0.3) is 0 Å². The van der Waals surface area contributed by atoms with Gasteiger partial charge >= 0.3 is 0 Å². The zero-order valence-electron chi connectivity index (χ0n) is 15.0. The van der Waals surface area contributed by atoms with Crippen molar-refractivity contribution >= 4 is 46.4 Å². The van der Waals surface area contributed by atoms with Crippen molar-refractivity contribution in [2.75, 3.05) is 5.32 Å². The maximum Gasteiger partial charge on any atom is 0.240 e. The van der Waals surface area contributed by atoms with E-state index >= 15 is 0 Å². The van der Waals surface area contributed by atoms with Crippen LogP contribution in [-0.2, 0) is 9.59 Å². The van der Waals surface area contributed by atoms with Crippen molar-refractivity contribution in [3.63, 3.8) is 0 Å². The first-order chi connectivity index (χ1) is 13.0. The third kappa shape index (κ3) is 7.04. The summed E-state index contributed by atoms with van der Waals surface area (Å²) in [5, 5.41) is 7.70. The van der Waals surface area contributed by atoms with Crippen molar-refractivity contribution in [1.29, 1.82) is 0 Å². The van der Waals surface area contributed by atoms with Gasteiger partial charge in [-0.25, -0.2) is 5.43 Å². The minimum Gasteiger partial charge on any atom is -0.325 e. The molecule has 0 aliphatic rings. The van der Waals surface area contributed by atoms with E-state index in [2.05, 4.69) is 15.8 Å². The van der Waals surface area contributed by atoms with Crippen LogP contribution in [0.4, 0.5) is 5.69 Å². The topological polar surface area (TPSA) is 70.6 Å². The van der Waals surface area contributed by atoms with Crippen LogP contribution >= 0.6 is 23.2 Å². The van der Waals surface area contributed by atoms with Crippen LogP contribution in [-0.4, -0.2) is 17.5 Å². The fraction of sp³-hybridized carbons (Fsp3) is 0.250. The molecule has 0 aromatic heterocycles. The van der Waals surface area contributed by atoms with Crippen molar-refractivity contribution < 1.29 is 9.59 Å². The normalized spacial score (nSPS) is 11.1. The van der Waals surface area contributed by atoms with Crippen molar-refractivity contribution in [1.82, 2.24) is 5.43 Å². The van der Waals surface area contributed by atoms with Crippen LogP contribution in [0, 0.1) is 0 Å². The smallest absolute Gasteiger partial charge is 0.240 e. The molecule has 0 saturated heterocycles. The molecule has 7 heteroatoms. The van der Waals surface area contributed by atoms with Crippen molar-refractivity contribution in [3.05, 3.63) is 64.1 Å². The Kier molecular flexibility index (Phi) is 8.30. The average molecular weight is 406 g/mol. The van der Waals surface area contributed by atoms with Crippen LogP contribution in [0.5, 0.6) is 0 Å². The van der Waals surface area contributed by atoms with Crippen LogP contribution in [0.15, 0.2) is 53.6 Å². The SMILES string of the molecule is CCCC(=NNC(=O)CCC(=O)Nc1ccc(Cl)cc1Cl)c1ccccc1. The van der Waals surface area contributed by atoms with Gasteiger partial charge in [0.2, 0.25) is 11.8 Å². The fourth-order valence-corrected chi connectivity index (χ4v) is 2.80. The minimum atomic E-state index is -0.322. The number of benzene rings is 2. The summed E-state index contributed by atoms with van der Waals surface area (Å²) in [6, 6.07) is 14.5. The summed E-state index contributed by atoms with van der Waals surface area (Å²) in [7, 11) is 0. The fourth-order valence-electron chi connectivity index (χ4n) is 2.35. The van der Waals surface area contributed by atoms with Crippen LogP contribution in [0.1, 0.15) is 38.2 Å². The number of rotatable bonds is 8. The van der Waals surface area contributed by atoms with E-state index in [-0.39, 0.29) is 24.7 Å². The molecule has 2 aromatic carbocycles. The van der Waals surface area contributed by atoms with Gasteiger partial charge < -0.3 is 5.32 Å². The second kappa shape index (κ2) is 10.7. The molecule has 0 aliphatic carbocycles. The molecule has 5 nitrogen and oxygen atoms in total. The first-order valence-electron chi connectivity index (χ1n) is 8.65. The van der Waals surface area contributed by atoms with Crippen molar-refractivity contribution in [2.24, 2.45) is 5.10 Å². The van der Waals surface area contributed by atoms with Crippen molar-refractivity contribution in [3.8, 4) is 0 Å². The quantitative estimate of drug-likeness (QED) is 0.477. The lowest BCUT2D eigenvalue weighted by Gasteiger charge is -2.08. The molecule has 0 bridgehead atoms. The summed E-state index contributed by atoms with van der Waals surface area (Å²) in [5.41, 5.74) is 4.76. The largest absolute Gasteiger partial charge is 0.325 e. The van der Waals surface area contributed by atoms with Gasteiger partial charge in [0.1, 0.15) is 0 Å². The standard InChI is InChI=1S/C20H21Cl2N3O2/c1-2-6-17(14-7-4-3-5-8-14)24-25-20(27)12-11-19(26)23-18-10-9-15(21)13-16(18)22/h3-5,7-10,13H,2,6,11-12H2,1H3,(H,23,26)(H,25,27). The number of hydrogen-bond acceptors (Lipinski definition) is 3. The van der Waals surface area contributed by atoms with Gasteiger partial charge in [-0.05, 0) is 30.2 Å². The lowest BCUT2D eigenvalue weighted by molar-refractivity contribution is -0.124. The van der Waals surface area contributed by atoms with E-state index in [9.17, 15) is 9.59 Å².